The number of hydrogen-bond donors (Lipinski definition) is 2. The highest BCUT2D eigenvalue weighted by Crippen LogP contribution is 2.20. The molecule has 0 aliphatic carbocycles. The number of benzene rings is 1. The van der Waals surface area contributed by atoms with Gasteiger partial charge in [-0.1, -0.05) is 24.3 Å². The number of anilines is 1. The van der Waals surface area contributed by atoms with Crippen molar-refractivity contribution in [1.82, 2.24) is 15.0 Å². The molecule has 126 valence electrons. The number of aromatic nitrogens is 3. The van der Waals surface area contributed by atoms with Crippen LogP contribution >= 0.6 is 0 Å². The number of fused-ring (bicyclic) bond motifs is 1. The third-order valence-corrected chi connectivity index (χ3v) is 3.75. The van der Waals surface area contributed by atoms with Crippen molar-refractivity contribution in [2.45, 2.75) is 6.61 Å². The number of carbonyl (C=O) groups is 1. The first-order valence-corrected chi connectivity index (χ1v) is 7.62. The van der Waals surface area contributed by atoms with E-state index < -0.39 is 18.1 Å². The number of aromatic amines is 1. The maximum atomic E-state index is 13.0. The summed E-state index contributed by atoms with van der Waals surface area (Å²) in [6.07, 6.45) is 4.52. The monoisotopic (exact) mass is 336 g/mol. The lowest BCUT2D eigenvalue weighted by atomic mass is 10.0. The van der Waals surface area contributed by atoms with Crippen LogP contribution in [0.4, 0.5) is 5.95 Å². The Hall–Kier alpha value is -3.32. The van der Waals surface area contributed by atoms with Crippen molar-refractivity contribution in [3.63, 3.8) is 0 Å². The van der Waals surface area contributed by atoms with E-state index in [1.54, 1.807) is 30.3 Å². The van der Waals surface area contributed by atoms with Crippen LogP contribution in [0.2, 0.25) is 0 Å². The van der Waals surface area contributed by atoms with Gasteiger partial charge < -0.3 is 10.1 Å². The number of pyridine rings is 1. The lowest BCUT2D eigenvalue weighted by Crippen LogP contribution is -2.37. The van der Waals surface area contributed by atoms with E-state index in [0.29, 0.717) is 10.9 Å². The standard InChI is InChI=1S/C18H16N4O3/c1-2-10-22(18-19-8-5-9-20-18)17(25)15-13(11-23)12-6-3-4-7-14(12)21-16(15)24/h2-9,23H,1,10-11H2,(H,21,24). The Morgan fingerprint density at radius 3 is 2.64 bits per heavy atom. The van der Waals surface area contributed by atoms with Crippen LogP contribution in [0, 0.1) is 0 Å². The summed E-state index contributed by atoms with van der Waals surface area (Å²) in [6.45, 7) is 3.32. The lowest BCUT2D eigenvalue weighted by Gasteiger charge is -2.20. The van der Waals surface area contributed by atoms with Gasteiger partial charge in [-0.25, -0.2) is 9.97 Å². The molecule has 7 nitrogen and oxygen atoms in total. The molecule has 2 aromatic heterocycles. The molecule has 0 bridgehead atoms. The third kappa shape index (κ3) is 3.05. The topological polar surface area (TPSA) is 99.2 Å². The molecule has 3 aromatic rings. The second-order valence-corrected chi connectivity index (χ2v) is 5.26. The maximum absolute atomic E-state index is 13.0. The second kappa shape index (κ2) is 7.06. The zero-order chi connectivity index (χ0) is 17.8. The van der Waals surface area contributed by atoms with Gasteiger partial charge >= 0.3 is 0 Å². The van der Waals surface area contributed by atoms with Crippen LogP contribution in [0.25, 0.3) is 10.9 Å². The average molecular weight is 336 g/mol. The number of aliphatic hydroxyl groups is 1. The molecule has 2 heterocycles. The van der Waals surface area contributed by atoms with Crippen molar-refractivity contribution in [1.29, 1.82) is 0 Å². The molecule has 0 aliphatic rings. The average Bonchev–Trinajstić information content (AvgIpc) is 2.65. The number of para-hydroxylation sites is 1. The van der Waals surface area contributed by atoms with E-state index in [0.717, 1.165) is 0 Å². The number of H-pyrrole nitrogens is 1. The van der Waals surface area contributed by atoms with Crippen molar-refractivity contribution >= 4 is 22.8 Å². The van der Waals surface area contributed by atoms with Gasteiger partial charge in [-0.05, 0) is 12.1 Å². The highest BCUT2D eigenvalue weighted by molar-refractivity contribution is 6.08. The molecular formula is C18H16N4O3. The normalized spacial score (nSPS) is 10.6. The highest BCUT2D eigenvalue weighted by atomic mass is 16.3. The lowest BCUT2D eigenvalue weighted by molar-refractivity contribution is 0.0984. The Kier molecular flexibility index (Phi) is 4.67. The zero-order valence-corrected chi connectivity index (χ0v) is 13.3. The van der Waals surface area contributed by atoms with Gasteiger partial charge in [0.25, 0.3) is 11.5 Å². The molecule has 0 fully saturated rings. The number of rotatable bonds is 5. The summed E-state index contributed by atoms with van der Waals surface area (Å²) in [7, 11) is 0. The summed E-state index contributed by atoms with van der Waals surface area (Å²) in [4.78, 5) is 37.6. The van der Waals surface area contributed by atoms with Crippen LogP contribution in [0.1, 0.15) is 15.9 Å². The Balaban J connectivity index is 2.20. The number of hydrogen-bond acceptors (Lipinski definition) is 5. The van der Waals surface area contributed by atoms with Crippen molar-refractivity contribution in [2.75, 3.05) is 11.4 Å². The first-order valence-electron chi connectivity index (χ1n) is 7.62. The van der Waals surface area contributed by atoms with E-state index in [9.17, 15) is 14.7 Å². The number of amides is 1. The Bertz CT molecular complexity index is 983. The SMILES string of the molecule is C=CCN(C(=O)c1c(CO)c2ccccc2[nH]c1=O)c1ncccn1. The molecule has 0 unspecified atom stereocenters. The Morgan fingerprint density at radius 1 is 1.24 bits per heavy atom. The molecular weight excluding hydrogens is 320 g/mol. The predicted octanol–water partition coefficient (Wildman–Crippen LogP) is 1.64. The minimum atomic E-state index is -0.595. The third-order valence-electron chi connectivity index (χ3n) is 3.75. The predicted molar refractivity (Wildman–Crippen MR) is 94.4 cm³/mol. The van der Waals surface area contributed by atoms with E-state index in [4.69, 9.17) is 0 Å². The van der Waals surface area contributed by atoms with E-state index in [-0.39, 0.29) is 23.6 Å². The summed E-state index contributed by atoms with van der Waals surface area (Å²) >= 11 is 0. The van der Waals surface area contributed by atoms with Gasteiger partial charge in [-0.2, -0.15) is 0 Å². The van der Waals surface area contributed by atoms with Gasteiger partial charge in [-0.15, -0.1) is 6.58 Å². The van der Waals surface area contributed by atoms with Crippen LogP contribution in [-0.4, -0.2) is 32.5 Å². The molecule has 7 heteroatoms. The molecule has 1 aromatic carbocycles. The van der Waals surface area contributed by atoms with Gasteiger partial charge in [0.15, 0.2) is 0 Å². The molecule has 0 saturated heterocycles. The van der Waals surface area contributed by atoms with Crippen molar-refractivity contribution < 1.29 is 9.90 Å². The molecule has 3 rings (SSSR count). The highest BCUT2D eigenvalue weighted by Gasteiger charge is 2.25. The van der Waals surface area contributed by atoms with E-state index in [1.807, 2.05) is 0 Å². The molecule has 25 heavy (non-hydrogen) atoms. The van der Waals surface area contributed by atoms with Crippen molar-refractivity contribution in [3.05, 3.63) is 76.9 Å². The molecule has 1 amide bonds. The van der Waals surface area contributed by atoms with E-state index in [2.05, 4.69) is 21.5 Å². The summed E-state index contributed by atoms with van der Waals surface area (Å²) in [5, 5.41) is 10.4. The van der Waals surface area contributed by atoms with Gasteiger partial charge in [0, 0.05) is 35.4 Å². The fraction of sp³-hybridized carbons (Fsp3) is 0.111. The molecule has 0 saturated carbocycles. The fourth-order valence-corrected chi connectivity index (χ4v) is 2.65. The first kappa shape index (κ1) is 16.5. The van der Waals surface area contributed by atoms with Gasteiger partial charge in [-0.3, -0.25) is 14.5 Å². The number of nitrogens with zero attached hydrogens (tertiary/aromatic N) is 3. The quantitative estimate of drug-likeness (QED) is 0.690. The summed E-state index contributed by atoms with van der Waals surface area (Å²) < 4.78 is 0. The largest absolute Gasteiger partial charge is 0.392 e. The van der Waals surface area contributed by atoms with Crippen LogP contribution < -0.4 is 10.5 Å². The first-order chi connectivity index (χ1) is 12.2. The van der Waals surface area contributed by atoms with Gasteiger partial charge in [0.05, 0.1) is 6.61 Å². The van der Waals surface area contributed by atoms with Crippen LogP contribution in [-0.2, 0) is 6.61 Å². The fourth-order valence-electron chi connectivity index (χ4n) is 2.65. The number of carbonyl (C=O) groups excluding carboxylic acids is 1. The number of nitrogens with one attached hydrogen (secondary N) is 1. The zero-order valence-electron chi connectivity index (χ0n) is 13.3. The van der Waals surface area contributed by atoms with Crippen molar-refractivity contribution in [3.8, 4) is 0 Å². The molecule has 0 spiro atoms. The van der Waals surface area contributed by atoms with Crippen LogP contribution in [0.5, 0.6) is 0 Å². The Morgan fingerprint density at radius 2 is 1.96 bits per heavy atom. The van der Waals surface area contributed by atoms with Crippen LogP contribution in [0.3, 0.4) is 0 Å². The van der Waals surface area contributed by atoms with E-state index in [1.165, 1.54) is 23.4 Å². The smallest absolute Gasteiger partial charge is 0.266 e. The minimum absolute atomic E-state index is 0.125. The maximum Gasteiger partial charge on any atom is 0.266 e. The number of aliphatic hydroxyl groups excluding tert-OH is 1. The molecule has 2 N–H and O–H groups in total. The molecule has 0 atom stereocenters. The summed E-state index contributed by atoms with van der Waals surface area (Å²) in [5.74, 6) is -0.439. The molecule has 0 radical (unpaired) electrons. The summed E-state index contributed by atoms with van der Waals surface area (Å²) in [5.41, 5.74) is 0.127. The van der Waals surface area contributed by atoms with Gasteiger partial charge in [0.1, 0.15) is 5.56 Å². The Labute approximate surface area is 143 Å². The van der Waals surface area contributed by atoms with E-state index >= 15 is 0 Å². The van der Waals surface area contributed by atoms with Crippen LogP contribution in [0.15, 0.2) is 60.2 Å². The second-order valence-electron chi connectivity index (χ2n) is 5.26. The van der Waals surface area contributed by atoms with Gasteiger partial charge in [0.2, 0.25) is 5.95 Å². The molecule has 0 aliphatic heterocycles. The van der Waals surface area contributed by atoms with Crippen molar-refractivity contribution in [2.24, 2.45) is 0 Å². The summed E-state index contributed by atoms with van der Waals surface area (Å²) in [6, 6.07) is 8.62. The minimum Gasteiger partial charge on any atom is -0.392 e.